The predicted molar refractivity (Wildman–Crippen MR) is 176 cm³/mol. The number of aliphatic hydroxyl groups excluding tert-OH is 1. The van der Waals surface area contributed by atoms with E-state index in [1.807, 2.05) is 6.08 Å². The summed E-state index contributed by atoms with van der Waals surface area (Å²) < 4.78 is 5.71. The highest BCUT2D eigenvalue weighted by molar-refractivity contribution is 5.66. The van der Waals surface area contributed by atoms with Crippen molar-refractivity contribution in [3.8, 4) is 0 Å². The maximum absolute atomic E-state index is 10.5. The van der Waals surface area contributed by atoms with E-state index in [9.17, 15) is 9.90 Å². The third-order valence-corrected chi connectivity index (χ3v) is 7.89. The maximum atomic E-state index is 10.5. The zero-order valence-electron chi connectivity index (χ0n) is 27.1. The molecule has 242 valence electrons. The van der Waals surface area contributed by atoms with E-state index in [4.69, 9.17) is 15.6 Å². The summed E-state index contributed by atoms with van der Waals surface area (Å²) in [5.41, 5.74) is 6.10. The topological polar surface area (TPSA) is 92.8 Å². The molecule has 4 N–H and O–H groups in total. The molecular weight excluding hydrogens is 510 g/mol. The molecule has 41 heavy (non-hydrogen) atoms. The van der Waals surface area contributed by atoms with Gasteiger partial charge in [0.1, 0.15) is 0 Å². The molecule has 0 heterocycles. The normalized spacial score (nSPS) is 13.4. The van der Waals surface area contributed by atoms with Crippen LogP contribution in [0.25, 0.3) is 0 Å². The molecule has 0 aromatic carbocycles. The van der Waals surface area contributed by atoms with Crippen molar-refractivity contribution in [2.24, 2.45) is 5.73 Å². The summed E-state index contributed by atoms with van der Waals surface area (Å²) in [6.45, 7) is 3.42. The van der Waals surface area contributed by atoms with Gasteiger partial charge in [-0.15, -0.1) is 0 Å². The first-order valence-corrected chi connectivity index (χ1v) is 17.6. The average molecular weight is 580 g/mol. The van der Waals surface area contributed by atoms with Crippen LogP contribution < -0.4 is 5.73 Å². The van der Waals surface area contributed by atoms with E-state index in [2.05, 4.69) is 25.2 Å². The minimum atomic E-state index is -0.678. The lowest BCUT2D eigenvalue weighted by atomic mass is 10.0. The first-order valence-electron chi connectivity index (χ1n) is 17.6. The number of unbranched alkanes of at least 4 members (excludes halogenated alkanes) is 22. The number of aliphatic carboxylic acids is 1. The molecule has 0 aliphatic carbocycles. The molecule has 0 aromatic heterocycles. The summed E-state index contributed by atoms with van der Waals surface area (Å²) in [6.07, 6.45) is 39.3. The Morgan fingerprint density at radius 1 is 0.634 bits per heavy atom. The van der Waals surface area contributed by atoms with Gasteiger partial charge in [-0.25, -0.2) is 0 Å². The van der Waals surface area contributed by atoms with Crippen molar-refractivity contribution in [2.75, 3.05) is 13.2 Å². The molecule has 0 fully saturated rings. The molecule has 2 unspecified atom stereocenters. The Morgan fingerprint density at radius 3 is 1.54 bits per heavy atom. The number of rotatable bonds is 33. The van der Waals surface area contributed by atoms with Crippen molar-refractivity contribution in [1.82, 2.24) is 0 Å². The summed E-state index contributed by atoms with van der Waals surface area (Å²) in [4.78, 5) is 10.5. The van der Waals surface area contributed by atoms with Crippen LogP contribution in [0.4, 0.5) is 0 Å². The maximum Gasteiger partial charge on any atom is 0.303 e. The Bertz CT molecular complexity index is 592. The molecule has 0 saturated heterocycles. The molecule has 0 radical (unpaired) electrons. The summed E-state index contributed by atoms with van der Waals surface area (Å²) in [6, 6.07) is -0.347. The molecule has 0 amide bonds. The smallest absolute Gasteiger partial charge is 0.303 e. The lowest BCUT2D eigenvalue weighted by molar-refractivity contribution is -0.137. The van der Waals surface area contributed by atoms with E-state index in [1.165, 1.54) is 122 Å². The first-order chi connectivity index (χ1) is 20.1. The van der Waals surface area contributed by atoms with E-state index >= 15 is 0 Å². The van der Waals surface area contributed by atoms with E-state index in [0.29, 0.717) is 13.0 Å². The number of aliphatic hydroxyl groups is 1. The number of allylic oxidation sites excluding steroid dienone is 3. The van der Waals surface area contributed by atoms with Gasteiger partial charge in [-0.05, 0) is 51.4 Å². The molecule has 0 spiro atoms. The second-order valence-electron chi connectivity index (χ2n) is 12.1. The third kappa shape index (κ3) is 33.2. The number of hydrogen-bond acceptors (Lipinski definition) is 4. The van der Waals surface area contributed by atoms with E-state index < -0.39 is 12.1 Å². The Balaban J connectivity index is 3.37. The highest BCUT2D eigenvalue weighted by atomic mass is 16.5. The highest BCUT2D eigenvalue weighted by Crippen LogP contribution is 2.13. The number of hydrogen-bond donors (Lipinski definition) is 3. The Hall–Kier alpha value is -1.17. The highest BCUT2D eigenvalue weighted by Gasteiger charge is 2.11. The van der Waals surface area contributed by atoms with E-state index in [0.717, 1.165) is 45.1 Å². The molecule has 5 nitrogen and oxygen atoms in total. The van der Waals surface area contributed by atoms with Crippen LogP contribution in [0.15, 0.2) is 24.3 Å². The van der Waals surface area contributed by atoms with Crippen molar-refractivity contribution in [1.29, 1.82) is 0 Å². The molecule has 0 bridgehead atoms. The fraction of sp³-hybridized carbons (Fsp3) is 0.861. The van der Waals surface area contributed by atoms with Gasteiger partial charge in [-0.1, -0.05) is 140 Å². The lowest BCUT2D eigenvalue weighted by Crippen LogP contribution is -2.37. The van der Waals surface area contributed by atoms with Gasteiger partial charge in [0.25, 0.3) is 0 Å². The van der Waals surface area contributed by atoms with Gasteiger partial charge in [-0.3, -0.25) is 4.79 Å². The van der Waals surface area contributed by atoms with Crippen LogP contribution in [0.1, 0.15) is 174 Å². The second kappa shape index (κ2) is 33.3. The SMILES string of the molecule is CCCCCCCCCCCCCC=CC(O)C(N)COCCCCCCCCC=CCCCCCCCC(=O)O. The summed E-state index contributed by atoms with van der Waals surface area (Å²) in [7, 11) is 0. The van der Waals surface area contributed by atoms with Crippen LogP contribution in [-0.2, 0) is 9.53 Å². The van der Waals surface area contributed by atoms with Crippen molar-refractivity contribution in [3.63, 3.8) is 0 Å². The molecule has 0 rings (SSSR count). The van der Waals surface area contributed by atoms with Gasteiger partial charge in [0.2, 0.25) is 0 Å². The fourth-order valence-electron chi connectivity index (χ4n) is 5.10. The predicted octanol–water partition coefficient (Wildman–Crippen LogP) is 10.1. The number of nitrogens with two attached hydrogens (primary N) is 1. The van der Waals surface area contributed by atoms with Gasteiger partial charge >= 0.3 is 5.97 Å². The van der Waals surface area contributed by atoms with Crippen LogP contribution >= 0.6 is 0 Å². The molecular formula is C36H69NO4. The monoisotopic (exact) mass is 580 g/mol. The number of ether oxygens (including phenoxy) is 1. The van der Waals surface area contributed by atoms with Crippen molar-refractivity contribution in [3.05, 3.63) is 24.3 Å². The zero-order valence-corrected chi connectivity index (χ0v) is 27.1. The van der Waals surface area contributed by atoms with Crippen LogP contribution in [0.3, 0.4) is 0 Å². The molecule has 0 aliphatic heterocycles. The van der Waals surface area contributed by atoms with Crippen LogP contribution in [0.2, 0.25) is 0 Å². The zero-order chi connectivity index (χ0) is 30.1. The molecule has 0 aliphatic rings. The fourth-order valence-corrected chi connectivity index (χ4v) is 5.10. The number of carboxylic acid groups (broad SMARTS) is 1. The van der Waals surface area contributed by atoms with Crippen LogP contribution in [0, 0.1) is 0 Å². The Kier molecular flexibility index (Phi) is 32.4. The van der Waals surface area contributed by atoms with E-state index in [-0.39, 0.29) is 6.04 Å². The second-order valence-corrected chi connectivity index (χ2v) is 12.1. The third-order valence-electron chi connectivity index (χ3n) is 7.89. The van der Waals surface area contributed by atoms with Crippen molar-refractivity contribution < 1.29 is 19.7 Å². The molecule has 2 atom stereocenters. The summed E-state index contributed by atoms with van der Waals surface area (Å²) in [5, 5.41) is 18.9. The van der Waals surface area contributed by atoms with Crippen molar-refractivity contribution >= 4 is 5.97 Å². The molecule has 0 aromatic rings. The number of carbonyl (C=O) groups is 1. The van der Waals surface area contributed by atoms with Crippen molar-refractivity contribution in [2.45, 2.75) is 186 Å². The Morgan fingerprint density at radius 2 is 1.05 bits per heavy atom. The van der Waals surface area contributed by atoms with Crippen LogP contribution in [0.5, 0.6) is 0 Å². The van der Waals surface area contributed by atoms with Gasteiger partial charge < -0.3 is 20.7 Å². The quantitative estimate of drug-likeness (QED) is 0.0531. The first kappa shape index (κ1) is 39.8. The molecule has 5 heteroatoms. The summed E-state index contributed by atoms with van der Waals surface area (Å²) in [5.74, 6) is -0.678. The standard InChI is InChI=1S/C36H69NO4/c1-2-3-4-5-6-7-8-12-15-18-21-24-27-30-35(38)34(37)33-41-32-29-26-23-20-17-14-11-9-10-13-16-19-22-25-28-31-36(39)40/h9-10,27,30,34-35,38H,2-8,11-26,28-29,31-33,37H2,1H3,(H,39,40). The average Bonchev–Trinajstić information content (AvgIpc) is 2.96. The van der Waals surface area contributed by atoms with E-state index in [1.54, 1.807) is 0 Å². The van der Waals surface area contributed by atoms with Gasteiger partial charge in [0.05, 0.1) is 18.8 Å². The van der Waals surface area contributed by atoms with Gasteiger partial charge in [-0.2, -0.15) is 0 Å². The lowest BCUT2D eigenvalue weighted by Gasteiger charge is -2.15. The summed E-state index contributed by atoms with van der Waals surface area (Å²) >= 11 is 0. The number of carboxylic acids is 1. The minimum Gasteiger partial charge on any atom is -0.481 e. The van der Waals surface area contributed by atoms with Gasteiger partial charge in [0, 0.05) is 13.0 Å². The Labute approximate surface area is 254 Å². The molecule has 0 saturated carbocycles. The van der Waals surface area contributed by atoms with Gasteiger partial charge in [0.15, 0.2) is 0 Å². The largest absolute Gasteiger partial charge is 0.481 e. The minimum absolute atomic E-state index is 0.311. The van der Waals surface area contributed by atoms with Crippen LogP contribution in [-0.4, -0.2) is 41.5 Å².